The molecule has 2 aromatic rings. The van der Waals surface area contributed by atoms with Crippen molar-refractivity contribution in [1.82, 2.24) is 0 Å². The molecule has 0 bridgehead atoms. The minimum atomic E-state index is -0.435. The zero-order valence-corrected chi connectivity index (χ0v) is 11.8. The Kier molecular flexibility index (Phi) is 3.85. The number of hydrogen-bond acceptors (Lipinski definition) is 2. The first-order valence-corrected chi connectivity index (χ1v) is 6.39. The highest BCUT2D eigenvalue weighted by Crippen LogP contribution is 2.21. The van der Waals surface area contributed by atoms with Gasteiger partial charge in [-0.25, -0.2) is 4.39 Å². The molecular weight excluding hydrogens is 311 g/mol. The van der Waals surface area contributed by atoms with Crippen LogP contribution in [0.2, 0.25) is 0 Å². The number of amides is 1. The van der Waals surface area contributed by atoms with Gasteiger partial charge in [0.05, 0.1) is 11.4 Å². The monoisotopic (exact) mass is 322 g/mol. The third-order valence-electron chi connectivity index (χ3n) is 2.68. The van der Waals surface area contributed by atoms with Gasteiger partial charge >= 0.3 is 0 Å². The molecular formula is C14H12BrFN2O. The van der Waals surface area contributed by atoms with E-state index in [4.69, 9.17) is 5.73 Å². The lowest BCUT2D eigenvalue weighted by Gasteiger charge is -2.09. The van der Waals surface area contributed by atoms with Crippen molar-refractivity contribution in [1.29, 1.82) is 0 Å². The van der Waals surface area contributed by atoms with Crippen molar-refractivity contribution in [3.05, 3.63) is 57.8 Å². The van der Waals surface area contributed by atoms with Crippen LogP contribution in [0, 0.1) is 12.7 Å². The van der Waals surface area contributed by atoms with Crippen LogP contribution in [0.15, 0.2) is 40.9 Å². The van der Waals surface area contributed by atoms with Gasteiger partial charge in [0.2, 0.25) is 0 Å². The number of benzene rings is 2. The first kappa shape index (κ1) is 13.5. The van der Waals surface area contributed by atoms with E-state index in [0.717, 1.165) is 10.0 Å². The van der Waals surface area contributed by atoms with E-state index in [1.54, 1.807) is 18.2 Å². The fourth-order valence-corrected chi connectivity index (χ4v) is 1.87. The van der Waals surface area contributed by atoms with E-state index < -0.39 is 5.82 Å². The largest absolute Gasteiger partial charge is 0.397 e. The second-order valence-corrected chi connectivity index (χ2v) is 5.00. The molecule has 0 heterocycles. The summed E-state index contributed by atoms with van der Waals surface area (Å²) < 4.78 is 13.8. The Morgan fingerprint density at radius 3 is 2.63 bits per heavy atom. The van der Waals surface area contributed by atoms with Crippen molar-refractivity contribution in [2.24, 2.45) is 0 Å². The first-order valence-electron chi connectivity index (χ1n) is 5.60. The smallest absolute Gasteiger partial charge is 0.255 e. The van der Waals surface area contributed by atoms with E-state index in [0.29, 0.717) is 11.3 Å². The van der Waals surface area contributed by atoms with Crippen molar-refractivity contribution in [2.75, 3.05) is 11.1 Å². The summed E-state index contributed by atoms with van der Waals surface area (Å²) in [6.07, 6.45) is 0. The molecule has 0 aromatic heterocycles. The number of rotatable bonds is 2. The summed E-state index contributed by atoms with van der Waals surface area (Å²) in [5.41, 5.74) is 7.71. The summed E-state index contributed by atoms with van der Waals surface area (Å²) in [6.45, 7) is 1.90. The number of halogens is 2. The van der Waals surface area contributed by atoms with E-state index in [1.165, 1.54) is 18.2 Å². The SMILES string of the molecule is Cc1cc(C(=O)Nc2ccc(F)cc2N)ccc1Br. The summed E-state index contributed by atoms with van der Waals surface area (Å²) >= 11 is 3.37. The first-order chi connectivity index (χ1) is 8.97. The Morgan fingerprint density at radius 1 is 1.26 bits per heavy atom. The Bertz CT molecular complexity index is 643. The number of carbonyl (C=O) groups is 1. The molecule has 98 valence electrons. The van der Waals surface area contributed by atoms with Gasteiger partial charge in [0.25, 0.3) is 5.91 Å². The van der Waals surface area contributed by atoms with Gasteiger partial charge in [-0.2, -0.15) is 0 Å². The number of carbonyl (C=O) groups excluding carboxylic acids is 1. The molecule has 3 N–H and O–H groups in total. The average Bonchev–Trinajstić information content (AvgIpc) is 2.36. The molecule has 1 amide bonds. The number of nitrogens with one attached hydrogen (secondary N) is 1. The molecule has 0 fully saturated rings. The van der Waals surface area contributed by atoms with Gasteiger partial charge in [-0.15, -0.1) is 0 Å². The van der Waals surface area contributed by atoms with Gasteiger partial charge in [-0.3, -0.25) is 4.79 Å². The maximum atomic E-state index is 12.9. The van der Waals surface area contributed by atoms with Crippen LogP contribution < -0.4 is 11.1 Å². The fourth-order valence-electron chi connectivity index (χ4n) is 1.63. The van der Waals surface area contributed by atoms with Crippen molar-refractivity contribution < 1.29 is 9.18 Å². The standard InChI is InChI=1S/C14H12BrFN2O/c1-8-6-9(2-4-11(8)15)14(19)18-13-5-3-10(16)7-12(13)17/h2-7H,17H2,1H3,(H,18,19). The molecule has 2 aromatic carbocycles. The lowest BCUT2D eigenvalue weighted by atomic mass is 10.1. The Morgan fingerprint density at radius 2 is 2.00 bits per heavy atom. The molecule has 0 aliphatic heterocycles. The summed E-state index contributed by atoms with van der Waals surface area (Å²) in [5, 5.41) is 2.65. The second-order valence-electron chi connectivity index (χ2n) is 4.15. The van der Waals surface area contributed by atoms with Crippen LogP contribution in [0.4, 0.5) is 15.8 Å². The van der Waals surface area contributed by atoms with Gasteiger partial charge in [0.1, 0.15) is 5.82 Å². The molecule has 5 heteroatoms. The van der Waals surface area contributed by atoms with Crippen LogP contribution in [-0.4, -0.2) is 5.91 Å². The molecule has 0 radical (unpaired) electrons. The zero-order chi connectivity index (χ0) is 14.0. The number of hydrogen-bond donors (Lipinski definition) is 2. The Hall–Kier alpha value is -1.88. The minimum Gasteiger partial charge on any atom is -0.397 e. The van der Waals surface area contributed by atoms with Crippen LogP contribution in [0.1, 0.15) is 15.9 Å². The van der Waals surface area contributed by atoms with Gasteiger partial charge in [0, 0.05) is 10.0 Å². The zero-order valence-electron chi connectivity index (χ0n) is 10.2. The highest BCUT2D eigenvalue weighted by Gasteiger charge is 2.09. The van der Waals surface area contributed by atoms with Crippen molar-refractivity contribution in [3.8, 4) is 0 Å². The van der Waals surface area contributed by atoms with Crippen molar-refractivity contribution in [2.45, 2.75) is 6.92 Å². The van der Waals surface area contributed by atoms with Gasteiger partial charge < -0.3 is 11.1 Å². The third-order valence-corrected chi connectivity index (χ3v) is 3.57. The maximum Gasteiger partial charge on any atom is 0.255 e. The maximum absolute atomic E-state index is 12.9. The molecule has 3 nitrogen and oxygen atoms in total. The van der Waals surface area contributed by atoms with E-state index >= 15 is 0 Å². The number of aryl methyl sites for hydroxylation is 1. The summed E-state index contributed by atoms with van der Waals surface area (Å²) in [4.78, 5) is 12.0. The van der Waals surface area contributed by atoms with Crippen LogP contribution in [-0.2, 0) is 0 Å². The predicted molar refractivity (Wildman–Crippen MR) is 77.6 cm³/mol. The normalized spacial score (nSPS) is 10.3. The highest BCUT2D eigenvalue weighted by molar-refractivity contribution is 9.10. The van der Waals surface area contributed by atoms with Crippen molar-refractivity contribution in [3.63, 3.8) is 0 Å². The second kappa shape index (κ2) is 5.40. The lowest BCUT2D eigenvalue weighted by Crippen LogP contribution is -2.13. The molecule has 19 heavy (non-hydrogen) atoms. The molecule has 0 spiro atoms. The number of nitrogens with two attached hydrogens (primary N) is 1. The summed E-state index contributed by atoms with van der Waals surface area (Å²) in [7, 11) is 0. The Balaban J connectivity index is 2.23. The van der Waals surface area contributed by atoms with E-state index in [1.807, 2.05) is 6.92 Å². The molecule has 0 aliphatic rings. The van der Waals surface area contributed by atoms with Gasteiger partial charge in [-0.1, -0.05) is 15.9 Å². The van der Waals surface area contributed by atoms with E-state index in [2.05, 4.69) is 21.2 Å². The summed E-state index contributed by atoms with van der Waals surface area (Å²) in [5.74, 6) is -0.719. The molecule has 0 saturated heterocycles. The molecule has 2 rings (SSSR count). The summed E-state index contributed by atoms with van der Waals surface area (Å²) in [6, 6.07) is 9.12. The fraction of sp³-hybridized carbons (Fsp3) is 0.0714. The number of anilines is 2. The van der Waals surface area contributed by atoms with Crippen LogP contribution >= 0.6 is 15.9 Å². The minimum absolute atomic E-state index is 0.196. The van der Waals surface area contributed by atoms with Crippen molar-refractivity contribution >= 4 is 33.2 Å². The Labute approximate surface area is 118 Å². The number of nitrogen functional groups attached to an aromatic ring is 1. The predicted octanol–water partition coefficient (Wildman–Crippen LogP) is 3.73. The quantitative estimate of drug-likeness (QED) is 0.828. The third kappa shape index (κ3) is 3.12. The molecule has 0 unspecified atom stereocenters. The van der Waals surface area contributed by atoms with E-state index in [-0.39, 0.29) is 11.6 Å². The van der Waals surface area contributed by atoms with Crippen LogP contribution in [0.25, 0.3) is 0 Å². The molecule has 0 atom stereocenters. The molecule has 0 aliphatic carbocycles. The van der Waals surface area contributed by atoms with E-state index in [9.17, 15) is 9.18 Å². The highest BCUT2D eigenvalue weighted by atomic mass is 79.9. The topological polar surface area (TPSA) is 55.1 Å². The average molecular weight is 323 g/mol. The van der Waals surface area contributed by atoms with Crippen LogP contribution in [0.5, 0.6) is 0 Å². The lowest BCUT2D eigenvalue weighted by molar-refractivity contribution is 0.102. The van der Waals surface area contributed by atoms with Gasteiger partial charge in [0.15, 0.2) is 0 Å². The van der Waals surface area contributed by atoms with Crippen LogP contribution in [0.3, 0.4) is 0 Å². The molecule has 0 saturated carbocycles. The van der Waals surface area contributed by atoms with Gasteiger partial charge in [-0.05, 0) is 48.9 Å².